The van der Waals surface area contributed by atoms with Gasteiger partial charge in [-0.3, -0.25) is 4.79 Å². The van der Waals surface area contributed by atoms with E-state index in [9.17, 15) is 4.79 Å². The van der Waals surface area contributed by atoms with Crippen LogP contribution in [0.2, 0.25) is 0 Å². The Morgan fingerprint density at radius 1 is 1.17 bits per heavy atom. The summed E-state index contributed by atoms with van der Waals surface area (Å²) in [7, 11) is 0. The van der Waals surface area contributed by atoms with Crippen LogP contribution < -0.4 is 9.64 Å². The third-order valence-electron chi connectivity index (χ3n) is 4.62. The predicted molar refractivity (Wildman–Crippen MR) is 93.1 cm³/mol. The van der Waals surface area contributed by atoms with E-state index in [2.05, 4.69) is 19.1 Å². The topological polar surface area (TPSA) is 29.5 Å². The summed E-state index contributed by atoms with van der Waals surface area (Å²) >= 11 is 0. The molecule has 23 heavy (non-hydrogen) atoms. The van der Waals surface area contributed by atoms with Crippen LogP contribution in [-0.2, 0) is 11.2 Å². The Hall–Kier alpha value is -2.29. The van der Waals surface area contributed by atoms with E-state index in [1.54, 1.807) is 0 Å². The number of amides is 1. The highest BCUT2D eigenvalue weighted by atomic mass is 16.5. The van der Waals surface area contributed by atoms with E-state index in [4.69, 9.17) is 4.74 Å². The summed E-state index contributed by atoms with van der Waals surface area (Å²) in [6.07, 6.45) is 1.13. The Kier molecular flexibility index (Phi) is 4.37. The molecule has 0 saturated carbocycles. The molecule has 1 aliphatic rings. The van der Waals surface area contributed by atoms with Crippen molar-refractivity contribution in [1.29, 1.82) is 0 Å². The molecule has 0 N–H and O–H groups in total. The third-order valence-corrected chi connectivity index (χ3v) is 4.62. The van der Waals surface area contributed by atoms with Gasteiger partial charge in [0.05, 0.1) is 0 Å². The molecule has 0 spiro atoms. The largest absolute Gasteiger partial charge is 0.480 e. The monoisotopic (exact) mass is 309 g/mol. The van der Waals surface area contributed by atoms with E-state index < -0.39 is 6.10 Å². The Bertz CT molecular complexity index is 723. The molecular formula is C20H23NO2. The number of rotatable bonds is 4. The van der Waals surface area contributed by atoms with Gasteiger partial charge in [-0.05, 0) is 55.5 Å². The van der Waals surface area contributed by atoms with Gasteiger partial charge in [0, 0.05) is 12.2 Å². The summed E-state index contributed by atoms with van der Waals surface area (Å²) in [5.41, 5.74) is 4.54. The number of nitrogens with zero attached hydrogens (tertiary/aromatic N) is 1. The maximum atomic E-state index is 12.9. The van der Waals surface area contributed by atoms with E-state index in [0.29, 0.717) is 6.42 Å². The number of fused-ring (bicyclic) bond motifs is 1. The lowest BCUT2D eigenvalue weighted by molar-refractivity contribution is -0.125. The molecule has 0 fully saturated rings. The van der Waals surface area contributed by atoms with E-state index >= 15 is 0 Å². The van der Waals surface area contributed by atoms with Crippen molar-refractivity contribution in [3.63, 3.8) is 0 Å². The Morgan fingerprint density at radius 2 is 1.96 bits per heavy atom. The van der Waals surface area contributed by atoms with Crippen molar-refractivity contribution in [3.8, 4) is 5.75 Å². The van der Waals surface area contributed by atoms with Crippen LogP contribution in [0, 0.1) is 13.8 Å². The van der Waals surface area contributed by atoms with Gasteiger partial charge in [0.15, 0.2) is 6.10 Å². The molecular weight excluding hydrogens is 286 g/mol. The molecule has 0 aromatic heterocycles. The first-order valence-electron chi connectivity index (χ1n) is 8.24. The first kappa shape index (κ1) is 15.6. The maximum absolute atomic E-state index is 12.9. The molecule has 3 rings (SSSR count). The zero-order chi connectivity index (χ0) is 16.4. The molecule has 2 aromatic rings. The fraction of sp³-hybridized carbons (Fsp3) is 0.350. The van der Waals surface area contributed by atoms with Crippen LogP contribution in [0.5, 0.6) is 5.75 Å². The van der Waals surface area contributed by atoms with Crippen LogP contribution in [0.25, 0.3) is 0 Å². The number of hydrogen-bond acceptors (Lipinski definition) is 2. The molecule has 1 amide bonds. The normalized spacial score (nSPS) is 14.5. The van der Waals surface area contributed by atoms with E-state index in [1.165, 1.54) is 11.1 Å². The Morgan fingerprint density at radius 3 is 2.74 bits per heavy atom. The number of hydrogen-bond donors (Lipinski definition) is 0. The van der Waals surface area contributed by atoms with Crippen molar-refractivity contribution in [2.24, 2.45) is 0 Å². The number of benzene rings is 2. The van der Waals surface area contributed by atoms with E-state index in [-0.39, 0.29) is 5.91 Å². The van der Waals surface area contributed by atoms with Gasteiger partial charge in [-0.25, -0.2) is 0 Å². The van der Waals surface area contributed by atoms with Gasteiger partial charge in [0.2, 0.25) is 0 Å². The molecule has 0 saturated heterocycles. The molecule has 1 aliphatic heterocycles. The molecule has 0 bridgehead atoms. The molecule has 3 nitrogen and oxygen atoms in total. The highest BCUT2D eigenvalue weighted by Crippen LogP contribution is 2.29. The maximum Gasteiger partial charge on any atom is 0.268 e. The predicted octanol–water partition coefficient (Wildman–Crippen LogP) is 4.05. The van der Waals surface area contributed by atoms with Crippen LogP contribution in [0.4, 0.5) is 5.69 Å². The number of aryl methyl sites for hydroxylation is 1. The second kappa shape index (κ2) is 6.45. The van der Waals surface area contributed by atoms with Gasteiger partial charge in [0.25, 0.3) is 5.91 Å². The molecule has 1 atom stereocenters. The first-order valence-corrected chi connectivity index (χ1v) is 8.24. The SMILES string of the molecule is CCC(Oc1cccc(C)c1C)C(=O)N1CCc2ccccc21. The van der Waals surface area contributed by atoms with Gasteiger partial charge >= 0.3 is 0 Å². The van der Waals surface area contributed by atoms with Crippen molar-refractivity contribution >= 4 is 11.6 Å². The summed E-state index contributed by atoms with van der Waals surface area (Å²) in [6, 6.07) is 14.1. The van der Waals surface area contributed by atoms with E-state index in [1.807, 2.05) is 49.1 Å². The third kappa shape index (κ3) is 2.96. The second-order valence-corrected chi connectivity index (χ2v) is 6.08. The van der Waals surface area contributed by atoms with Gasteiger partial charge in [0.1, 0.15) is 5.75 Å². The first-order chi connectivity index (χ1) is 11.1. The second-order valence-electron chi connectivity index (χ2n) is 6.08. The molecule has 3 heteroatoms. The van der Waals surface area contributed by atoms with Crippen molar-refractivity contribution < 1.29 is 9.53 Å². The van der Waals surface area contributed by atoms with Gasteiger partial charge in [-0.2, -0.15) is 0 Å². The van der Waals surface area contributed by atoms with Gasteiger partial charge < -0.3 is 9.64 Å². The molecule has 0 aliphatic carbocycles. The molecule has 120 valence electrons. The van der Waals surface area contributed by atoms with Crippen LogP contribution in [-0.4, -0.2) is 18.6 Å². The number of anilines is 1. The average Bonchev–Trinajstić information content (AvgIpc) is 2.99. The van der Waals surface area contributed by atoms with Crippen LogP contribution >= 0.6 is 0 Å². The zero-order valence-electron chi connectivity index (χ0n) is 14.0. The van der Waals surface area contributed by atoms with Crippen molar-refractivity contribution in [3.05, 3.63) is 59.2 Å². The van der Waals surface area contributed by atoms with Gasteiger partial charge in [-0.1, -0.05) is 37.3 Å². The fourth-order valence-electron chi connectivity index (χ4n) is 3.05. The lowest BCUT2D eigenvalue weighted by atomic mass is 10.1. The minimum Gasteiger partial charge on any atom is -0.480 e. The Balaban J connectivity index is 1.82. The number of carbonyl (C=O) groups is 1. The standard InChI is InChI=1S/C20H23NO2/c1-4-18(23-19-11-7-8-14(2)15(19)3)20(22)21-13-12-16-9-5-6-10-17(16)21/h5-11,18H,4,12-13H2,1-3H3. The van der Waals surface area contributed by atoms with Crippen molar-refractivity contribution in [1.82, 2.24) is 0 Å². The molecule has 2 aromatic carbocycles. The molecule has 1 unspecified atom stereocenters. The van der Waals surface area contributed by atoms with Crippen LogP contribution in [0.3, 0.4) is 0 Å². The van der Waals surface area contributed by atoms with Crippen molar-refractivity contribution in [2.75, 3.05) is 11.4 Å². The molecule has 0 radical (unpaired) electrons. The Labute approximate surface area is 137 Å². The number of para-hydroxylation sites is 1. The quantitative estimate of drug-likeness (QED) is 0.852. The highest BCUT2D eigenvalue weighted by Gasteiger charge is 2.30. The fourth-order valence-corrected chi connectivity index (χ4v) is 3.05. The summed E-state index contributed by atoms with van der Waals surface area (Å²) in [5, 5.41) is 0. The van der Waals surface area contributed by atoms with Crippen LogP contribution in [0.15, 0.2) is 42.5 Å². The summed E-state index contributed by atoms with van der Waals surface area (Å²) < 4.78 is 6.07. The van der Waals surface area contributed by atoms with Crippen molar-refractivity contribution in [2.45, 2.75) is 39.7 Å². The van der Waals surface area contributed by atoms with Crippen LogP contribution in [0.1, 0.15) is 30.0 Å². The van der Waals surface area contributed by atoms with E-state index in [0.717, 1.165) is 30.0 Å². The lowest BCUT2D eigenvalue weighted by Crippen LogP contribution is -2.41. The zero-order valence-corrected chi connectivity index (χ0v) is 14.0. The summed E-state index contributed by atoms with van der Waals surface area (Å²) in [6.45, 7) is 6.83. The number of ether oxygens (including phenoxy) is 1. The average molecular weight is 309 g/mol. The smallest absolute Gasteiger partial charge is 0.268 e. The minimum absolute atomic E-state index is 0.0540. The van der Waals surface area contributed by atoms with Gasteiger partial charge in [-0.15, -0.1) is 0 Å². The summed E-state index contributed by atoms with van der Waals surface area (Å²) in [4.78, 5) is 14.8. The lowest BCUT2D eigenvalue weighted by Gasteiger charge is -2.25. The summed E-state index contributed by atoms with van der Waals surface area (Å²) in [5.74, 6) is 0.857. The molecule has 1 heterocycles. The minimum atomic E-state index is -0.443. The highest BCUT2D eigenvalue weighted by molar-refractivity contribution is 5.98. The number of carbonyl (C=O) groups excluding carboxylic acids is 1.